The maximum Gasteiger partial charge on any atom is 0.269 e. The zero-order chi connectivity index (χ0) is 11.4. The van der Waals surface area contributed by atoms with Crippen molar-refractivity contribution in [1.29, 1.82) is 0 Å². The maximum absolute atomic E-state index is 13.2. The van der Waals surface area contributed by atoms with E-state index >= 15 is 0 Å². The Hall–Kier alpha value is -2.17. The minimum Gasteiger partial charge on any atom is -0.347 e. The van der Waals surface area contributed by atoms with Gasteiger partial charge in [0, 0.05) is 12.1 Å². The first-order valence-electron chi connectivity index (χ1n) is 4.77. The van der Waals surface area contributed by atoms with Gasteiger partial charge in [-0.05, 0) is 6.07 Å². The summed E-state index contributed by atoms with van der Waals surface area (Å²) in [7, 11) is 0. The fraction of sp³-hybridized carbons (Fsp3) is 0.0909. The Bertz CT molecular complexity index is 482. The fourth-order valence-corrected chi connectivity index (χ4v) is 1.29. The highest BCUT2D eigenvalue weighted by atomic mass is 19.1. The monoisotopic (exact) mass is 219 g/mol. The van der Waals surface area contributed by atoms with Gasteiger partial charge in [-0.1, -0.05) is 18.2 Å². The molecule has 0 spiro atoms. The Kier molecular flexibility index (Phi) is 2.95. The molecule has 1 aromatic heterocycles. The van der Waals surface area contributed by atoms with Crippen molar-refractivity contribution in [2.24, 2.45) is 0 Å². The lowest BCUT2D eigenvalue weighted by molar-refractivity contribution is 0.0946. The van der Waals surface area contributed by atoms with Crippen LogP contribution in [0.25, 0.3) is 0 Å². The van der Waals surface area contributed by atoms with Crippen molar-refractivity contribution in [1.82, 2.24) is 15.3 Å². The standard InChI is InChI=1S/C11H10FN3O/c12-9-4-2-1-3-8(9)5-14-11(16)10-6-13-7-15-10/h1-4,6-7H,5H2,(H,13,15)(H,14,16). The van der Waals surface area contributed by atoms with Gasteiger partial charge in [-0.3, -0.25) is 4.79 Å². The molecule has 1 aromatic carbocycles. The van der Waals surface area contributed by atoms with Gasteiger partial charge in [-0.25, -0.2) is 9.37 Å². The lowest BCUT2D eigenvalue weighted by Crippen LogP contribution is -2.23. The van der Waals surface area contributed by atoms with Gasteiger partial charge >= 0.3 is 0 Å². The summed E-state index contributed by atoms with van der Waals surface area (Å²) < 4.78 is 13.2. The topological polar surface area (TPSA) is 57.8 Å². The number of benzene rings is 1. The number of rotatable bonds is 3. The lowest BCUT2D eigenvalue weighted by atomic mass is 10.2. The molecule has 1 heterocycles. The average molecular weight is 219 g/mol. The molecule has 0 aliphatic carbocycles. The number of hydrogen-bond acceptors (Lipinski definition) is 2. The van der Waals surface area contributed by atoms with Crippen LogP contribution in [0, 0.1) is 5.82 Å². The molecule has 2 rings (SSSR count). The van der Waals surface area contributed by atoms with E-state index in [1.54, 1.807) is 18.2 Å². The molecule has 1 amide bonds. The molecular weight excluding hydrogens is 209 g/mol. The first-order chi connectivity index (χ1) is 7.77. The number of hydrogen-bond donors (Lipinski definition) is 2. The summed E-state index contributed by atoms with van der Waals surface area (Å²) in [6.07, 6.45) is 2.83. The second kappa shape index (κ2) is 4.57. The molecule has 0 radical (unpaired) electrons. The molecule has 2 aromatic rings. The van der Waals surface area contributed by atoms with Crippen molar-refractivity contribution in [2.75, 3.05) is 0 Å². The second-order valence-corrected chi connectivity index (χ2v) is 3.24. The molecule has 0 aliphatic rings. The predicted molar refractivity (Wildman–Crippen MR) is 56.2 cm³/mol. The van der Waals surface area contributed by atoms with Crippen LogP contribution in [0.3, 0.4) is 0 Å². The van der Waals surface area contributed by atoms with Crippen LogP contribution in [-0.4, -0.2) is 15.9 Å². The van der Waals surface area contributed by atoms with Crippen molar-refractivity contribution in [3.05, 3.63) is 53.9 Å². The predicted octanol–water partition coefficient (Wildman–Crippen LogP) is 1.48. The lowest BCUT2D eigenvalue weighted by Gasteiger charge is -2.04. The third kappa shape index (κ3) is 2.25. The number of amides is 1. The van der Waals surface area contributed by atoms with Gasteiger partial charge in [0.2, 0.25) is 0 Å². The van der Waals surface area contributed by atoms with E-state index in [9.17, 15) is 9.18 Å². The van der Waals surface area contributed by atoms with Crippen LogP contribution in [0.4, 0.5) is 4.39 Å². The number of H-pyrrole nitrogens is 1. The Morgan fingerprint density at radius 2 is 2.25 bits per heavy atom. The van der Waals surface area contributed by atoms with Crippen molar-refractivity contribution >= 4 is 5.91 Å². The summed E-state index contributed by atoms with van der Waals surface area (Å²) in [4.78, 5) is 17.9. The van der Waals surface area contributed by atoms with Gasteiger partial charge < -0.3 is 10.3 Å². The molecule has 0 aliphatic heterocycles. The highest BCUT2D eigenvalue weighted by Gasteiger charge is 2.07. The van der Waals surface area contributed by atoms with Gasteiger partial charge in [0.15, 0.2) is 0 Å². The first-order valence-corrected chi connectivity index (χ1v) is 4.77. The minimum atomic E-state index is -0.326. The van der Waals surface area contributed by atoms with Gasteiger partial charge in [-0.15, -0.1) is 0 Å². The Labute approximate surface area is 91.5 Å². The number of imidazole rings is 1. The molecule has 0 fully saturated rings. The zero-order valence-electron chi connectivity index (χ0n) is 8.40. The normalized spacial score (nSPS) is 10.1. The van der Waals surface area contributed by atoms with E-state index in [-0.39, 0.29) is 18.3 Å². The minimum absolute atomic E-state index is 0.157. The van der Waals surface area contributed by atoms with Crippen LogP contribution < -0.4 is 5.32 Å². The van der Waals surface area contributed by atoms with E-state index in [0.717, 1.165) is 0 Å². The van der Waals surface area contributed by atoms with Crippen LogP contribution in [-0.2, 0) is 6.54 Å². The number of aromatic nitrogens is 2. The highest BCUT2D eigenvalue weighted by molar-refractivity contribution is 5.91. The molecule has 82 valence electrons. The van der Waals surface area contributed by atoms with E-state index in [2.05, 4.69) is 15.3 Å². The third-order valence-corrected chi connectivity index (χ3v) is 2.14. The summed E-state index contributed by atoms with van der Waals surface area (Å²) in [5.74, 6) is -0.631. The van der Waals surface area contributed by atoms with Crippen LogP contribution in [0.2, 0.25) is 0 Å². The molecule has 0 bridgehead atoms. The quantitative estimate of drug-likeness (QED) is 0.821. The van der Waals surface area contributed by atoms with Gasteiger partial charge in [0.05, 0.1) is 12.5 Å². The summed E-state index contributed by atoms with van der Waals surface area (Å²) in [5.41, 5.74) is 0.812. The molecular formula is C11H10FN3O. The second-order valence-electron chi connectivity index (χ2n) is 3.24. The number of nitrogens with zero attached hydrogens (tertiary/aromatic N) is 1. The van der Waals surface area contributed by atoms with E-state index < -0.39 is 0 Å². The number of nitrogens with one attached hydrogen (secondary N) is 2. The number of halogens is 1. The van der Waals surface area contributed by atoms with Gasteiger partial charge in [0.25, 0.3) is 5.91 Å². The molecule has 0 saturated carbocycles. The molecule has 16 heavy (non-hydrogen) atoms. The van der Waals surface area contributed by atoms with Gasteiger partial charge in [0.1, 0.15) is 11.5 Å². The van der Waals surface area contributed by atoms with Crippen LogP contribution in [0.5, 0.6) is 0 Å². The number of carbonyl (C=O) groups excluding carboxylic acids is 1. The van der Waals surface area contributed by atoms with Crippen LogP contribution in [0.15, 0.2) is 36.8 Å². The van der Waals surface area contributed by atoms with Crippen LogP contribution in [0.1, 0.15) is 16.1 Å². The Morgan fingerprint density at radius 1 is 1.44 bits per heavy atom. The summed E-state index contributed by atoms with van der Waals surface area (Å²) in [6.45, 7) is 0.157. The van der Waals surface area contributed by atoms with Crippen LogP contribution >= 0.6 is 0 Å². The van der Waals surface area contributed by atoms with E-state index in [1.807, 2.05) is 0 Å². The zero-order valence-corrected chi connectivity index (χ0v) is 8.40. The molecule has 2 N–H and O–H groups in total. The van der Waals surface area contributed by atoms with Gasteiger partial charge in [-0.2, -0.15) is 0 Å². The van der Waals surface area contributed by atoms with Crippen molar-refractivity contribution < 1.29 is 9.18 Å². The highest BCUT2D eigenvalue weighted by Crippen LogP contribution is 2.05. The van der Waals surface area contributed by atoms with Crippen molar-refractivity contribution in [3.63, 3.8) is 0 Å². The smallest absolute Gasteiger partial charge is 0.269 e. The fourth-order valence-electron chi connectivity index (χ4n) is 1.29. The summed E-state index contributed by atoms with van der Waals surface area (Å²) in [6, 6.07) is 6.32. The molecule has 5 heteroatoms. The molecule has 0 unspecified atom stereocenters. The van der Waals surface area contributed by atoms with E-state index in [1.165, 1.54) is 18.6 Å². The largest absolute Gasteiger partial charge is 0.347 e. The average Bonchev–Trinajstić information content (AvgIpc) is 2.81. The van der Waals surface area contributed by atoms with E-state index in [4.69, 9.17) is 0 Å². The first kappa shape index (κ1) is 10.4. The maximum atomic E-state index is 13.2. The number of carbonyl (C=O) groups is 1. The molecule has 4 nitrogen and oxygen atoms in total. The van der Waals surface area contributed by atoms with Crippen molar-refractivity contribution in [3.8, 4) is 0 Å². The molecule has 0 atom stereocenters. The van der Waals surface area contributed by atoms with E-state index in [0.29, 0.717) is 11.3 Å². The third-order valence-electron chi connectivity index (χ3n) is 2.14. The Morgan fingerprint density at radius 3 is 2.94 bits per heavy atom. The SMILES string of the molecule is O=C(NCc1ccccc1F)c1cnc[nH]1. The summed E-state index contributed by atoms with van der Waals surface area (Å²) in [5, 5.41) is 2.59. The summed E-state index contributed by atoms with van der Waals surface area (Å²) >= 11 is 0. The van der Waals surface area contributed by atoms with Crippen molar-refractivity contribution in [2.45, 2.75) is 6.54 Å². The molecule has 0 saturated heterocycles. The number of aromatic amines is 1. The Balaban J connectivity index is 1.98.